The number of rotatable bonds is 8. The fourth-order valence-electron chi connectivity index (χ4n) is 3.62. The molecule has 0 heterocycles. The maximum absolute atomic E-state index is 14.6. The zero-order valence-corrected chi connectivity index (χ0v) is 17.6. The molecule has 31 heavy (non-hydrogen) atoms. The molecule has 0 aliphatic heterocycles. The van der Waals surface area contributed by atoms with Crippen LogP contribution in [0, 0.1) is 23.0 Å². The molecular weight excluding hydrogens is 396 g/mol. The molecule has 2 aromatic carbocycles. The van der Waals surface area contributed by atoms with Crippen LogP contribution < -0.4 is 4.74 Å². The molecule has 3 nitrogen and oxygen atoms in total. The molecule has 0 atom stereocenters. The van der Waals surface area contributed by atoms with E-state index >= 15 is 0 Å². The van der Waals surface area contributed by atoms with Crippen molar-refractivity contribution in [2.24, 2.45) is 0 Å². The summed E-state index contributed by atoms with van der Waals surface area (Å²) in [6.07, 6.45) is 11.5. The molecule has 0 N–H and O–H groups in total. The van der Waals surface area contributed by atoms with Gasteiger partial charge in [-0.05, 0) is 73.2 Å². The van der Waals surface area contributed by atoms with Crippen molar-refractivity contribution < 1.29 is 18.3 Å². The van der Waals surface area contributed by atoms with Gasteiger partial charge in [-0.2, -0.15) is 5.26 Å². The Morgan fingerprint density at radius 1 is 1.03 bits per heavy atom. The zero-order chi connectivity index (χ0) is 22.2. The minimum atomic E-state index is -1.11. The van der Waals surface area contributed by atoms with E-state index in [0.717, 1.165) is 18.4 Å². The van der Waals surface area contributed by atoms with E-state index in [1.54, 1.807) is 0 Å². The third-order valence-corrected chi connectivity index (χ3v) is 5.40. The second-order valence-corrected chi connectivity index (χ2v) is 7.67. The molecule has 0 spiro atoms. The van der Waals surface area contributed by atoms with Crippen LogP contribution in [0.3, 0.4) is 0 Å². The lowest BCUT2D eigenvalue weighted by atomic mass is 9.90. The highest BCUT2D eigenvalue weighted by atomic mass is 19.1. The minimum absolute atomic E-state index is 0.110. The van der Waals surface area contributed by atoms with Gasteiger partial charge in [0.1, 0.15) is 22.9 Å². The first-order valence-electron chi connectivity index (χ1n) is 10.6. The molecule has 0 saturated heterocycles. The molecular formula is C26H25F2NO2. The molecule has 5 heteroatoms. The maximum atomic E-state index is 14.6. The topological polar surface area (TPSA) is 50.1 Å². The summed E-state index contributed by atoms with van der Waals surface area (Å²) in [7, 11) is 0. The van der Waals surface area contributed by atoms with Gasteiger partial charge in [0, 0.05) is 0 Å². The average molecular weight is 421 g/mol. The molecule has 0 bridgehead atoms. The molecule has 0 saturated carbocycles. The van der Waals surface area contributed by atoms with Crippen molar-refractivity contribution in [1.29, 1.82) is 5.26 Å². The summed E-state index contributed by atoms with van der Waals surface area (Å²) in [6.45, 7) is 2.19. The fourth-order valence-corrected chi connectivity index (χ4v) is 3.62. The summed E-state index contributed by atoms with van der Waals surface area (Å²) in [6, 6.07) is 10.0. The summed E-state index contributed by atoms with van der Waals surface area (Å²) in [5.41, 5.74) is 2.31. The highest BCUT2D eigenvalue weighted by molar-refractivity contribution is 5.92. The molecule has 160 valence electrons. The summed E-state index contributed by atoms with van der Waals surface area (Å²) in [5.74, 6) is -2.91. The molecule has 0 aromatic heterocycles. The lowest BCUT2D eigenvalue weighted by Gasteiger charge is -2.16. The molecule has 1 aliphatic rings. The van der Waals surface area contributed by atoms with E-state index in [0.29, 0.717) is 17.5 Å². The van der Waals surface area contributed by atoms with Crippen LogP contribution in [0.1, 0.15) is 73.4 Å². The van der Waals surface area contributed by atoms with Crippen LogP contribution in [0.25, 0.3) is 5.57 Å². The maximum Gasteiger partial charge on any atom is 0.349 e. The predicted molar refractivity (Wildman–Crippen MR) is 117 cm³/mol. The van der Waals surface area contributed by atoms with Crippen molar-refractivity contribution in [3.8, 4) is 11.8 Å². The second-order valence-electron chi connectivity index (χ2n) is 7.67. The van der Waals surface area contributed by atoms with Gasteiger partial charge in [-0.25, -0.2) is 13.6 Å². The van der Waals surface area contributed by atoms with Gasteiger partial charge in [0.05, 0.1) is 11.6 Å². The van der Waals surface area contributed by atoms with Crippen molar-refractivity contribution in [3.63, 3.8) is 0 Å². The Morgan fingerprint density at radius 3 is 2.32 bits per heavy atom. The van der Waals surface area contributed by atoms with E-state index in [1.165, 1.54) is 67.7 Å². The lowest BCUT2D eigenvalue weighted by molar-refractivity contribution is 0.0724. The standard InChI is InChI=1S/C26H25F2NO2/c1-2-3-4-5-6-18-7-11-20(12-8-18)21-15-23(27)25(24(28)16-21)26(30)31-22-13-9-19(17-29)10-14-22/h7,9-11,13-16H,2-6,8,12H2,1H3. The number of esters is 1. The zero-order valence-electron chi connectivity index (χ0n) is 17.6. The van der Waals surface area contributed by atoms with Gasteiger partial charge in [-0.1, -0.05) is 43.9 Å². The Morgan fingerprint density at radius 2 is 1.74 bits per heavy atom. The van der Waals surface area contributed by atoms with E-state index in [-0.39, 0.29) is 5.75 Å². The molecule has 1 aliphatic carbocycles. The number of nitriles is 1. The first kappa shape index (κ1) is 22.4. The Hall–Kier alpha value is -3.26. The Bertz CT molecular complexity index is 1020. The number of allylic oxidation sites excluding steroid dienone is 4. The van der Waals surface area contributed by atoms with Crippen LogP contribution in [0.15, 0.2) is 54.1 Å². The largest absolute Gasteiger partial charge is 0.423 e. The van der Waals surface area contributed by atoms with Gasteiger partial charge in [-0.15, -0.1) is 0 Å². The SMILES string of the molecule is CCCCCCC1=CC=C(c2cc(F)c(C(=O)Oc3ccc(C#N)cc3)c(F)c2)CC1. The highest BCUT2D eigenvalue weighted by Crippen LogP contribution is 2.31. The number of halogens is 2. The van der Waals surface area contributed by atoms with E-state index in [1.807, 2.05) is 18.2 Å². The molecule has 3 rings (SSSR count). The molecule has 0 fully saturated rings. The Labute approximate surface area is 181 Å². The number of carbonyl (C=O) groups is 1. The number of hydrogen-bond acceptors (Lipinski definition) is 3. The number of benzene rings is 2. The molecule has 0 unspecified atom stereocenters. The van der Waals surface area contributed by atoms with E-state index in [4.69, 9.17) is 10.00 Å². The second kappa shape index (κ2) is 10.7. The molecule has 0 radical (unpaired) electrons. The van der Waals surface area contributed by atoms with Crippen LogP contribution >= 0.6 is 0 Å². The fraction of sp³-hybridized carbons (Fsp3) is 0.308. The first-order valence-corrected chi connectivity index (χ1v) is 10.6. The van der Waals surface area contributed by atoms with Crippen molar-refractivity contribution in [2.75, 3.05) is 0 Å². The average Bonchev–Trinajstić information content (AvgIpc) is 2.77. The monoisotopic (exact) mass is 421 g/mol. The summed E-state index contributed by atoms with van der Waals surface area (Å²) in [5, 5.41) is 8.80. The van der Waals surface area contributed by atoms with Crippen LogP contribution in [-0.4, -0.2) is 5.97 Å². The number of unbranched alkanes of at least 4 members (excludes halogenated alkanes) is 3. The van der Waals surface area contributed by atoms with Gasteiger partial charge in [0.2, 0.25) is 0 Å². The van der Waals surface area contributed by atoms with E-state index < -0.39 is 23.2 Å². The smallest absolute Gasteiger partial charge is 0.349 e. The molecule has 2 aromatic rings. The van der Waals surface area contributed by atoms with Crippen LogP contribution in [0.4, 0.5) is 8.78 Å². The Kier molecular flexibility index (Phi) is 7.72. The molecule has 0 amide bonds. The predicted octanol–water partition coefficient (Wildman–Crippen LogP) is 7.13. The van der Waals surface area contributed by atoms with E-state index in [9.17, 15) is 13.6 Å². The van der Waals surface area contributed by atoms with E-state index in [2.05, 4.69) is 6.92 Å². The van der Waals surface area contributed by atoms with Gasteiger partial charge in [0.25, 0.3) is 0 Å². The highest BCUT2D eigenvalue weighted by Gasteiger charge is 2.22. The summed E-state index contributed by atoms with van der Waals surface area (Å²) < 4.78 is 34.3. The number of ether oxygens (including phenoxy) is 1. The minimum Gasteiger partial charge on any atom is -0.423 e. The normalized spacial score (nSPS) is 13.2. The van der Waals surface area contributed by atoms with Crippen LogP contribution in [-0.2, 0) is 0 Å². The Balaban J connectivity index is 1.71. The number of carbonyl (C=O) groups excluding carboxylic acids is 1. The van der Waals surface area contributed by atoms with Crippen LogP contribution in [0.2, 0.25) is 0 Å². The van der Waals surface area contributed by atoms with Gasteiger partial charge in [0.15, 0.2) is 0 Å². The number of hydrogen-bond donors (Lipinski definition) is 0. The van der Waals surface area contributed by atoms with Gasteiger partial charge >= 0.3 is 5.97 Å². The third-order valence-electron chi connectivity index (χ3n) is 5.40. The van der Waals surface area contributed by atoms with Crippen molar-refractivity contribution in [2.45, 2.75) is 51.9 Å². The van der Waals surface area contributed by atoms with Crippen LogP contribution in [0.5, 0.6) is 5.75 Å². The van der Waals surface area contributed by atoms with Crippen molar-refractivity contribution >= 4 is 11.5 Å². The van der Waals surface area contributed by atoms with Crippen molar-refractivity contribution in [3.05, 3.63) is 82.4 Å². The van der Waals surface area contributed by atoms with Gasteiger partial charge in [-0.3, -0.25) is 0 Å². The summed E-state index contributed by atoms with van der Waals surface area (Å²) in [4.78, 5) is 12.3. The van der Waals surface area contributed by atoms with Gasteiger partial charge < -0.3 is 4.74 Å². The third kappa shape index (κ3) is 5.88. The number of nitrogens with zero attached hydrogens (tertiary/aromatic N) is 1. The van der Waals surface area contributed by atoms with Crippen molar-refractivity contribution in [1.82, 2.24) is 0 Å². The lowest BCUT2D eigenvalue weighted by Crippen LogP contribution is -2.14. The quantitative estimate of drug-likeness (QED) is 0.259. The first-order chi connectivity index (χ1) is 15.0. The summed E-state index contributed by atoms with van der Waals surface area (Å²) >= 11 is 0.